The molecule has 1 aromatic heterocycles. The number of likely N-dealkylation sites (tertiary alicyclic amines) is 1. The summed E-state index contributed by atoms with van der Waals surface area (Å²) in [7, 11) is 0. The molecule has 1 aromatic rings. The maximum Gasteiger partial charge on any atom is 0.272 e. The lowest BCUT2D eigenvalue weighted by atomic mass is 10.1. The molecule has 20 heavy (non-hydrogen) atoms. The van der Waals surface area contributed by atoms with Gasteiger partial charge in [-0.15, -0.1) is 0 Å². The maximum atomic E-state index is 12.4. The van der Waals surface area contributed by atoms with Crippen LogP contribution in [0, 0.1) is 0 Å². The lowest BCUT2D eigenvalue weighted by molar-refractivity contribution is 0.0468. The highest BCUT2D eigenvalue weighted by Gasteiger charge is 2.25. The quantitative estimate of drug-likeness (QED) is 0.892. The van der Waals surface area contributed by atoms with Gasteiger partial charge < -0.3 is 10.0 Å². The van der Waals surface area contributed by atoms with Crippen molar-refractivity contribution in [2.75, 3.05) is 13.1 Å². The average molecular weight is 275 g/mol. The Morgan fingerprint density at radius 1 is 1.25 bits per heavy atom. The molecule has 3 rings (SSSR count). The van der Waals surface area contributed by atoms with Gasteiger partial charge in [0.05, 0.1) is 6.10 Å². The second-order valence-electron chi connectivity index (χ2n) is 5.83. The van der Waals surface area contributed by atoms with Crippen LogP contribution < -0.4 is 0 Å². The van der Waals surface area contributed by atoms with Gasteiger partial charge >= 0.3 is 0 Å². The summed E-state index contributed by atoms with van der Waals surface area (Å²) in [6, 6.07) is 1.68. The molecule has 0 aromatic carbocycles. The van der Waals surface area contributed by atoms with Gasteiger partial charge in [-0.1, -0.05) is 12.8 Å². The van der Waals surface area contributed by atoms with E-state index in [-0.39, 0.29) is 5.91 Å². The Morgan fingerprint density at radius 3 is 2.80 bits per heavy atom. The third-order valence-corrected chi connectivity index (χ3v) is 4.30. The van der Waals surface area contributed by atoms with Crippen LogP contribution in [0.3, 0.4) is 0 Å². The Morgan fingerprint density at radius 2 is 2.05 bits per heavy atom. The molecule has 1 saturated heterocycles. The summed E-state index contributed by atoms with van der Waals surface area (Å²) < 4.78 is 0. The van der Waals surface area contributed by atoms with Gasteiger partial charge in [0.25, 0.3) is 5.91 Å². The number of nitrogens with zero attached hydrogens (tertiary/aromatic N) is 3. The molecule has 1 aliphatic carbocycles. The van der Waals surface area contributed by atoms with Crippen molar-refractivity contribution in [3.8, 4) is 0 Å². The molecule has 1 saturated carbocycles. The normalized spacial score (nSPS) is 24.1. The minimum Gasteiger partial charge on any atom is -0.391 e. The second-order valence-corrected chi connectivity index (χ2v) is 5.83. The molecule has 0 radical (unpaired) electrons. The predicted molar refractivity (Wildman–Crippen MR) is 74.4 cm³/mol. The van der Waals surface area contributed by atoms with E-state index in [9.17, 15) is 9.90 Å². The van der Waals surface area contributed by atoms with Crippen LogP contribution in [-0.4, -0.2) is 45.1 Å². The van der Waals surface area contributed by atoms with Crippen LogP contribution in [0.15, 0.2) is 12.3 Å². The van der Waals surface area contributed by atoms with Crippen LogP contribution in [0.4, 0.5) is 0 Å². The van der Waals surface area contributed by atoms with Gasteiger partial charge in [0.15, 0.2) is 0 Å². The summed E-state index contributed by atoms with van der Waals surface area (Å²) in [4.78, 5) is 22.9. The summed E-state index contributed by atoms with van der Waals surface area (Å²) in [5.74, 6) is 1.14. The van der Waals surface area contributed by atoms with E-state index in [4.69, 9.17) is 0 Å². The van der Waals surface area contributed by atoms with Crippen molar-refractivity contribution in [3.63, 3.8) is 0 Å². The Hall–Kier alpha value is -1.49. The minimum atomic E-state index is -0.399. The van der Waals surface area contributed by atoms with Gasteiger partial charge in [-0.2, -0.15) is 0 Å². The number of hydrogen-bond acceptors (Lipinski definition) is 4. The number of piperidine rings is 1. The van der Waals surface area contributed by atoms with E-state index < -0.39 is 6.10 Å². The van der Waals surface area contributed by atoms with Crippen molar-refractivity contribution >= 4 is 5.91 Å². The summed E-state index contributed by atoms with van der Waals surface area (Å²) >= 11 is 0. The van der Waals surface area contributed by atoms with Gasteiger partial charge in [-0.05, 0) is 31.7 Å². The van der Waals surface area contributed by atoms with E-state index in [1.165, 1.54) is 12.8 Å². The van der Waals surface area contributed by atoms with Crippen molar-refractivity contribution in [2.45, 2.75) is 50.5 Å². The number of aromatic nitrogens is 2. The number of β-amino-alcohol motifs (C(OH)–C–C–N with tert-alkyl or cyclic N) is 1. The van der Waals surface area contributed by atoms with E-state index in [0.717, 1.165) is 31.5 Å². The Bertz CT molecular complexity index is 486. The molecule has 2 fully saturated rings. The summed E-state index contributed by atoms with van der Waals surface area (Å²) in [6.07, 6.45) is 7.63. The zero-order chi connectivity index (χ0) is 13.9. The van der Waals surface area contributed by atoms with Crippen LogP contribution >= 0.6 is 0 Å². The first-order valence-electron chi connectivity index (χ1n) is 7.54. The van der Waals surface area contributed by atoms with Crippen LogP contribution in [-0.2, 0) is 0 Å². The molecule has 2 aliphatic rings. The van der Waals surface area contributed by atoms with E-state index in [2.05, 4.69) is 9.97 Å². The summed E-state index contributed by atoms with van der Waals surface area (Å²) in [5.41, 5.74) is 0.469. The maximum absolute atomic E-state index is 12.4. The van der Waals surface area contributed by atoms with Crippen molar-refractivity contribution < 1.29 is 9.90 Å². The fourth-order valence-electron chi connectivity index (χ4n) is 3.17. The number of aliphatic hydroxyl groups is 1. The molecule has 1 atom stereocenters. The second kappa shape index (κ2) is 5.87. The zero-order valence-corrected chi connectivity index (χ0v) is 11.7. The van der Waals surface area contributed by atoms with E-state index >= 15 is 0 Å². The first-order chi connectivity index (χ1) is 9.74. The number of hydrogen-bond donors (Lipinski definition) is 1. The zero-order valence-electron chi connectivity index (χ0n) is 11.7. The van der Waals surface area contributed by atoms with Gasteiger partial charge in [0.1, 0.15) is 11.5 Å². The minimum absolute atomic E-state index is 0.0783. The summed E-state index contributed by atoms with van der Waals surface area (Å²) in [5, 5.41) is 9.68. The lowest BCUT2D eigenvalue weighted by Crippen LogP contribution is -2.42. The number of carbonyl (C=O) groups is 1. The first-order valence-corrected chi connectivity index (χ1v) is 7.54. The third kappa shape index (κ3) is 2.82. The molecule has 5 heteroatoms. The standard InChI is InChI=1S/C15H21N3O2/c19-12-6-3-9-18(10-12)15(20)13-7-8-16-14(17-13)11-4-1-2-5-11/h7-8,11-12,19H,1-6,9-10H2. The highest BCUT2D eigenvalue weighted by molar-refractivity contribution is 5.92. The van der Waals surface area contributed by atoms with E-state index in [1.807, 2.05) is 0 Å². The van der Waals surface area contributed by atoms with Gasteiger partial charge in [0.2, 0.25) is 0 Å². The average Bonchev–Trinajstić information content (AvgIpc) is 3.01. The van der Waals surface area contributed by atoms with Crippen LogP contribution in [0.5, 0.6) is 0 Å². The number of carbonyl (C=O) groups excluding carboxylic acids is 1. The van der Waals surface area contributed by atoms with Crippen molar-refractivity contribution in [3.05, 3.63) is 23.8 Å². The fourth-order valence-corrected chi connectivity index (χ4v) is 3.17. The van der Waals surface area contributed by atoms with Gasteiger partial charge in [0, 0.05) is 25.2 Å². The number of aliphatic hydroxyl groups excluding tert-OH is 1. The van der Waals surface area contributed by atoms with Gasteiger partial charge in [-0.25, -0.2) is 9.97 Å². The molecule has 0 spiro atoms. The highest BCUT2D eigenvalue weighted by Crippen LogP contribution is 2.31. The SMILES string of the molecule is O=C(c1ccnc(C2CCCC2)n1)N1CCCC(O)C1. The van der Waals surface area contributed by atoms with Crippen LogP contribution in [0.1, 0.15) is 60.8 Å². The molecule has 108 valence electrons. The third-order valence-electron chi connectivity index (χ3n) is 4.30. The summed E-state index contributed by atoms with van der Waals surface area (Å²) in [6.45, 7) is 1.13. The van der Waals surface area contributed by atoms with Crippen LogP contribution in [0.2, 0.25) is 0 Å². The largest absolute Gasteiger partial charge is 0.391 e. The Balaban J connectivity index is 1.75. The monoisotopic (exact) mass is 275 g/mol. The highest BCUT2D eigenvalue weighted by atomic mass is 16.3. The molecular formula is C15H21N3O2. The van der Waals surface area contributed by atoms with E-state index in [1.54, 1.807) is 17.2 Å². The molecule has 1 aliphatic heterocycles. The predicted octanol–water partition coefficient (Wildman–Crippen LogP) is 1.73. The first kappa shape index (κ1) is 13.5. The Labute approximate surface area is 119 Å². The molecule has 1 N–H and O–H groups in total. The number of rotatable bonds is 2. The van der Waals surface area contributed by atoms with Crippen molar-refractivity contribution in [1.82, 2.24) is 14.9 Å². The fraction of sp³-hybridized carbons (Fsp3) is 0.667. The van der Waals surface area contributed by atoms with E-state index in [0.29, 0.717) is 24.7 Å². The number of amides is 1. The molecule has 5 nitrogen and oxygen atoms in total. The van der Waals surface area contributed by atoms with Gasteiger partial charge in [-0.3, -0.25) is 4.79 Å². The Kier molecular flexibility index (Phi) is 3.96. The molecule has 0 bridgehead atoms. The lowest BCUT2D eigenvalue weighted by Gasteiger charge is -2.29. The topological polar surface area (TPSA) is 66.3 Å². The smallest absolute Gasteiger partial charge is 0.272 e. The van der Waals surface area contributed by atoms with Crippen LogP contribution in [0.25, 0.3) is 0 Å². The molecule has 1 amide bonds. The van der Waals surface area contributed by atoms with Crippen molar-refractivity contribution in [2.24, 2.45) is 0 Å². The molecule has 1 unspecified atom stereocenters. The van der Waals surface area contributed by atoms with Crippen molar-refractivity contribution in [1.29, 1.82) is 0 Å². The molecule has 2 heterocycles. The molecular weight excluding hydrogens is 254 g/mol.